The lowest BCUT2D eigenvalue weighted by Crippen LogP contribution is -2.50. The Bertz CT molecular complexity index is 383. The first-order valence-corrected chi connectivity index (χ1v) is 13.1. The van der Waals surface area contributed by atoms with Gasteiger partial charge in [-0.3, -0.25) is 0 Å². The van der Waals surface area contributed by atoms with Crippen LogP contribution in [0.25, 0.3) is 0 Å². The van der Waals surface area contributed by atoms with Crippen LogP contribution in [0.1, 0.15) is 92.4 Å². The number of quaternary nitrogens is 1. The molecule has 5 nitrogen and oxygen atoms in total. The zero-order valence-corrected chi connectivity index (χ0v) is 20.2. The minimum absolute atomic E-state index is 0.0968. The molecule has 0 saturated heterocycles. The van der Waals surface area contributed by atoms with Crippen molar-refractivity contribution in [3.05, 3.63) is 11.6 Å². The highest BCUT2D eigenvalue weighted by Gasteiger charge is 2.24. The van der Waals surface area contributed by atoms with Crippen molar-refractivity contribution >= 4 is 7.60 Å². The Morgan fingerprint density at radius 2 is 1.25 bits per heavy atom. The molecule has 0 rings (SSSR count). The third kappa shape index (κ3) is 19.1. The second-order valence-electron chi connectivity index (χ2n) is 7.99. The summed E-state index contributed by atoms with van der Waals surface area (Å²) in [6, 6.07) is 0. The third-order valence-electron chi connectivity index (χ3n) is 5.17. The van der Waals surface area contributed by atoms with E-state index in [-0.39, 0.29) is 19.2 Å². The first-order chi connectivity index (χ1) is 13.2. The summed E-state index contributed by atoms with van der Waals surface area (Å²) in [5.41, 5.74) is 0.762. The summed E-state index contributed by atoms with van der Waals surface area (Å²) in [7, 11) is -4.12. The molecule has 6 heteroatoms. The first kappa shape index (κ1) is 30.0. The topological polar surface area (TPSA) is 80.6 Å². The lowest BCUT2D eigenvalue weighted by molar-refractivity contribution is -0.929. The average Bonchev–Trinajstić information content (AvgIpc) is 2.65. The number of unbranched alkanes of at least 4 members (excludes halogenated alkanes) is 4. The fourth-order valence-electron chi connectivity index (χ4n) is 3.22. The van der Waals surface area contributed by atoms with Gasteiger partial charge in [-0.05, 0) is 39.0 Å². The molecule has 0 radical (unpaired) electrons. The van der Waals surface area contributed by atoms with Crippen molar-refractivity contribution in [2.45, 2.75) is 92.4 Å². The van der Waals surface area contributed by atoms with Crippen molar-refractivity contribution in [2.75, 3.05) is 38.9 Å². The van der Waals surface area contributed by atoms with Gasteiger partial charge in [0.1, 0.15) is 7.60 Å². The van der Waals surface area contributed by atoms with E-state index in [2.05, 4.69) is 27.7 Å². The summed E-state index contributed by atoms with van der Waals surface area (Å²) in [6.07, 6.45) is 12.6. The van der Waals surface area contributed by atoms with Gasteiger partial charge in [-0.15, -0.1) is 0 Å². The van der Waals surface area contributed by atoms with Crippen LogP contribution < -0.4 is 4.89 Å². The van der Waals surface area contributed by atoms with Crippen LogP contribution in [0.5, 0.6) is 0 Å². The van der Waals surface area contributed by atoms with E-state index < -0.39 is 7.60 Å². The SMILES string of the molecule is C/C(=C/CO)CCP(=O)([O-])O.CCCC[N+](CCCC)(CCCC)CCCC. The first-order valence-electron chi connectivity index (χ1n) is 11.3. The highest BCUT2D eigenvalue weighted by atomic mass is 31.2. The van der Waals surface area contributed by atoms with Crippen LogP contribution in [0, 0.1) is 0 Å². The molecule has 0 aromatic rings. The van der Waals surface area contributed by atoms with Crippen molar-refractivity contribution in [1.29, 1.82) is 0 Å². The Morgan fingerprint density at radius 1 is 0.893 bits per heavy atom. The monoisotopic (exact) mass is 421 g/mol. The van der Waals surface area contributed by atoms with Crippen molar-refractivity contribution in [3.63, 3.8) is 0 Å². The number of hydrogen-bond donors (Lipinski definition) is 2. The van der Waals surface area contributed by atoms with Gasteiger partial charge in [0.25, 0.3) is 0 Å². The van der Waals surface area contributed by atoms with Crippen LogP contribution in [0.15, 0.2) is 11.6 Å². The molecule has 1 atom stereocenters. The molecule has 0 aliphatic rings. The summed E-state index contributed by atoms with van der Waals surface area (Å²) in [6.45, 7) is 16.6. The molecular formula is C22H48NO4P. The van der Waals surface area contributed by atoms with E-state index in [0.29, 0.717) is 0 Å². The Kier molecular flexibility index (Phi) is 20.2. The molecule has 0 aliphatic carbocycles. The van der Waals surface area contributed by atoms with Crippen molar-refractivity contribution in [2.24, 2.45) is 0 Å². The molecular weight excluding hydrogens is 373 g/mol. The number of rotatable bonds is 16. The summed E-state index contributed by atoms with van der Waals surface area (Å²) in [5.74, 6) is 0. The molecule has 0 aromatic carbocycles. The highest BCUT2D eigenvalue weighted by molar-refractivity contribution is 7.50. The Labute approximate surface area is 175 Å². The van der Waals surface area contributed by atoms with Gasteiger partial charge in [0.05, 0.1) is 32.8 Å². The largest absolute Gasteiger partial charge is 0.779 e. The zero-order chi connectivity index (χ0) is 21.9. The lowest BCUT2D eigenvalue weighted by atomic mass is 10.1. The molecule has 28 heavy (non-hydrogen) atoms. The Morgan fingerprint density at radius 3 is 1.50 bits per heavy atom. The van der Waals surface area contributed by atoms with E-state index >= 15 is 0 Å². The molecule has 0 fully saturated rings. The molecule has 0 aromatic heterocycles. The van der Waals surface area contributed by atoms with Gasteiger partial charge >= 0.3 is 0 Å². The normalized spacial score (nSPS) is 14.4. The molecule has 0 spiro atoms. The predicted octanol–water partition coefficient (Wildman–Crippen LogP) is 4.86. The maximum absolute atomic E-state index is 10.2. The molecule has 0 saturated carbocycles. The maximum Gasteiger partial charge on any atom is 0.132 e. The van der Waals surface area contributed by atoms with Gasteiger partial charge in [0.15, 0.2) is 0 Å². The van der Waals surface area contributed by atoms with E-state index in [1.807, 2.05) is 0 Å². The smallest absolute Gasteiger partial charge is 0.132 e. The van der Waals surface area contributed by atoms with Crippen LogP contribution in [0.2, 0.25) is 0 Å². The van der Waals surface area contributed by atoms with Crippen LogP contribution in [-0.2, 0) is 4.57 Å². The summed E-state index contributed by atoms with van der Waals surface area (Å²) in [4.78, 5) is 18.6. The van der Waals surface area contributed by atoms with Gasteiger partial charge in [-0.1, -0.05) is 65.0 Å². The predicted molar refractivity (Wildman–Crippen MR) is 120 cm³/mol. The van der Waals surface area contributed by atoms with Gasteiger partial charge in [0.2, 0.25) is 0 Å². The second-order valence-corrected chi connectivity index (χ2v) is 9.72. The van der Waals surface area contributed by atoms with Gasteiger partial charge < -0.3 is 23.9 Å². The van der Waals surface area contributed by atoms with E-state index in [4.69, 9.17) is 10.00 Å². The van der Waals surface area contributed by atoms with E-state index in [1.54, 1.807) is 6.92 Å². The van der Waals surface area contributed by atoms with E-state index in [1.165, 1.54) is 88.1 Å². The summed E-state index contributed by atoms with van der Waals surface area (Å²) >= 11 is 0. The summed E-state index contributed by atoms with van der Waals surface area (Å²) in [5, 5.41) is 8.38. The van der Waals surface area contributed by atoms with Crippen molar-refractivity contribution in [3.8, 4) is 0 Å². The van der Waals surface area contributed by atoms with Crippen LogP contribution in [0.3, 0.4) is 0 Å². The Balaban J connectivity index is 0. The molecule has 0 aliphatic heterocycles. The van der Waals surface area contributed by atoms with Gasteiger partial charge in [-0.2, -0.15) is 0 Å². The average molecular weight is 422 g/mol. The summed E-state index contributed by atoms with van der Waals surface area (Å²) < 4.78 is 11.7. The molecule has 1 unspecified atom stereocenters. The quantitative estimate of drug-likeness (QED) is 0.212. The molecule has 170 valence electrons. The van der Waals surface area contributed by atoms with Crippen molar-refractivity contribution in [1.82, 2.24) is 0 Å². The lowest BCUT2D eigenvalue weighted by Gasteiger charge is -2.39. The van der Waals surface area contributed by atoms with E-state index in [0.717, 1.165) is 5.57 Å². The maximum atomic E-state index is 10.2. The Hall–Kier alpha value is -0.190. The van der Waals surface area contributed by atoms with Crippen LogP contribution in [-0.4, -0.2) is 53.4 Å². The fourth-order valence-corrected chi connectivity index (χ4v) is 3.86. The van der Waals surface area contributed by atoms with Gasteiger partial charge in [-0.25, -0.2) is 0 Å². The molecule has 2 N–H and O–H groups in total. The van der Waals surface area contributed by atoms with E-state index in [9.17, 15) is 9.46 Å². The van der Waals surface area contributed by atoms with Gasteiger partial charge in [0, 0.05) is 6.16 Å². The molecule has 0 amide bonds. The molecule has 0 bridgehead atoms. The highest BCUT2D eigenvalue weighted by Crippen LogP contribution is 2.30. The standard InChI is InChI=1S/C16H36N.C6H13O4P/c1-5-9-13-17(14-10-6-2,15-11-7-3)16-12-8-4;1-6(2-4-7)3-5-11(8,9)10/h5-16H2,1-4H3;2,7H,3-5H2,1H3,(H2,8,9,10)/q+1;/p-1/b;6-2-. The van der Waals surface area contributed by atoms with Crippen LogP contribution in [0.4, 0.5) is 0 Å². The zero-order valence-electron chi connectivity index (χ0n) is 19.3. The number of hydrogen-bond acceptors (Lipinski definition) is 3. The third-order valence-corrected chi connectivity index (χ3v) is 5.96. The second kappa shape index (κ2) is 18.8. The number of aliphatic hydroxyl groups is 1. The minimum atomic E-state index is -4.12. The minimum Gasteiger partial charge on any atom is -0.779 e. The fraction of sp³-hybridized carbons (Fsp3) is 0.909. The van der Waals surface area contributed by atoms with Crippen molar-refractivity contribution < 1.29 is 23.9 Å². The van der Waals surface area contributed by atoms with Crippen LogP contribution >= 0.6 is 7.60 Å². The molecule has 0 heterocycles. The number of allylic oxidation sites excluding steroid dienone is 1. The number of aliphatic hydroxyl groups excluding tert-OH is 1. The number of nitrogens with zero attached hydrogens (tertiary/aromatic N) is 1.